The van der Waals surface area contributed by atoms with Crippen molar-refractivity contribution in [3.05, 3.63) is 96.6 Å². The Hall–Kier alpha value is -4.71. The summed E-state index contributed by atoms with van der Waals surface area (Å²) < 4.78 is 0. The average molecular weight is 434 g/mol. The van der Waals surface area contributed by atoms with E-state index in [1.165, 1.54) is 12.1 Å². The van der Waals surface area contributed by atoms with E-state index in [4.69, 9.17) is 5.11 Å². The van der Waals surface area contributed by atoms with Crippen LogP contribution in [0.5, 0.6) is 11.5 Å². The molecule has 5 aromatic rings. The molecule has 5 rings (SSSR count). The van der Waals surface area contributed by atoms with Crippen LogP contribution >= 0.6 is 0 Å². The van der Waals surface area contributed by atoms with Crippen LogP contribution in [0.15, 0.2) is 101 Å². The van der Waals surface area contributed by atoms with Crippen molar-refractivity contribution in [3.63, 3.8) is 0 Å². The topological polar surface area (TPSA) is 102 Å². The molecule has 0 unspecified atom stereocenters. The summed E-state index contributed by atoms with van der Waals surface area (Å²) in [5.41, 5.74) is 2.44. The smallest absolute Gasteiger partial charge is 0.335 e. The van der Waals surface area contributed by atoms with Gasteiger partial charge in [0.25, 0.3) is 0 Å². The van der Waals surface area contributed by atoms with Gasteiger partial charge in [-0.05, 0) is 70.1 Å². The van der Waals surface area contributed by atoms with E-state index in [9.17, 15) is 15.0 Å². The van der Waals surface area contributed by atoms with Gasteiger partial charge in [-0.2, -0.15) is 10.2 Å². The lowest BCUT2D eigenvalue weighted by Gasteiger charge is -2.14. The van der Waals surface area contributed by atoms with E-state index >= 15 is 0 Å². The van der Waals surface area contributed by atoms with Gasteiger partial charge in [-0.25, -0.2) is 4.79 Å². The van der Waals surface area contributed by atoms with E-state index < -0.39 is 5.97 Å². The molecule has 0 saturated carbocycles. The van der Waals surface area contributed by atoms with Crippen LogP contribution in [0.4, 0.5) is 11.4 Å². The highest BCUT2D eigenvalue weighted by Crippen LogP contribution is 2.45. The van der Waals surface area contributed by atoms with Gasteiger partial charge >= 0.3 is 5.97 Å². The Morgan fingerprint density at radius 1 is 0.606 bits per heavy atom. The number of nitrogens with zero attached hydrogens (tertiary/aromatic N) is 2. The summed E-state index contributed by atoms with van der Waals surface area (Å²) in [4.78, 5) is 11.0. The van der Waals surface area contributed by atoms with E-state index in [1.54, 1.807) is 36.4 Å². The normalized spacial score (nSPS) is 11.4. The summed E-state index contributed by atoms with van der Waals surface area (Å²) in [5.74, 6) is -0.837. The number of benzene rings is 5. The third kappa shape index (κ3) is 3.74. The standard InChI is InChI=1S/C27H18N2O4/c30-23-13-7-16-3-1-2-4-21(16)25(23)26-22-12-11-20(15-18(22)8-14-24(26)31)29-28-19-9-5-17(6-10-19)27(32)33/h1-15,30-31H,(H,32,33). The van der Waals surface area contributed by atoms with E-state index in [1.807, 2.05) is 42.5 Å². The minimum Gasteiger partial charge on any atom is -0.507 e. The first-order valence-electron chi connectivity index (χ1n) is 10.2. The Labute approximate surface area is 188 Å². The number of hydrogen-bond donors (Lipinski definition) is 3. The van der Waals surface area contributed by atoms with E-state index in [0.717, 1.165) is 21.5 Å². The largest absolute Gasteiger partial charge is 0.507 e. The Kier molecular flexibility index (Phi) is 4.95. The fourth-order valence-corrected chi connectivity index (χ4v) is 3.94. The second-order valence-corrected chi connectivity index (χ2v) is 7.60. The molecule has 0 aliphatic heterocycles. The number of carbonyl (C=O) groups is 1. The second kappa shape index (κ2) is 8.09. The molecular weight excluding hydrogens is 416 g/mol. The van der Waals surface area contributed by atoms with Crippen molar-refractivity contribution in [2.75, 3.05) is 0 Å². The van der Waals surface area contributed by atoms with Crippen molar-refractivity contribution >= 4 is 38.9 Å². The van der Waals surface area contributed by atoms with Crippen LogP contribution in [-0.2, 0) is 0 Å². The number of phenolic OH excluding ortho intramolecular Hbond substituents is 2. The van der Waals surface area contributed by atoms with Gasteiger partial charge in [0.2, 0.25) is 0 Å². The zero-order valence-corrected chi connectivity index (χ0v) is 17.3. The molecule has 5 aromatic carbocycles. The monoisotopic (exact) mass is 434 g/mol. The van der Waals surface area contributed by atoms with Crippen LogP contribution in [-0.4, -0.2) is 21.3 Å². The number of azo groups is 1. The fourth-order valence-electron chi connectivity index (χ4n) is 3.94. The van der Waals surface area contributed by atoms with Crippen LogP contribution in [0.1, 0.15) is 10.4 Å². The van der Waals surface area contributed by atoms with Crippen LogP contribution < -0.4 is 0 Å². The first-order valence-corrected chi connectivity index (χ1v) is 10.2. The summed E-state index contributed by atoms with van der Waals surface area (Å²) >= 11 is 0. The van der Waals surface area contributed by atoms with Gasteiger partial charge in [0.15, 0.2) is 0 Å². The Bertz CT molecular complexity index is 1560. The molecule has 0 atom stereocenters. The van der Waals surface area contributed by atoms with Crippen molar-refractivity contribution in [2.45, 2.75) is 0 Å². The molecule has 0 heterocycles. The van der Waals surface area contributed by atoms with E-state index in [0.29, 0.717) is 22.5 Å². The molecule has 0 bridgehead atoms. The maximum Gasteiger partial charge on any atom is 0.335 e. The zero-order valence-electron chi connectivity index (χ0n) is 17.3. The second-order valence-electron chi connectivity index (χ2n) is 7.60. The zero-order chi connectivity index (χ0) is 22.9. The van der Waals surface area contributed by atoms with Gasteiger partial charge in [0, 0.05) is 11.1 Å². The third-order valence-corrected chi connectivity index (χ3v) is 5.53. The molecule has 33 heavy (non-hydrogen) atoms. The fraction of sp³-hybridized carbons (Fsp3) is 0. The summed E-state index contributed by atoms with van der Waals surface area (Å²) in [5, 5.41) is 42.2. The van der Waals surface area contributed by atoms with Gasteiger partial charge in [-0.1, -0.05) is 42.5 Å². The number of aromatic hydroxyl groups is 2. The van der Waals surface area contributed by atoms with E-state index in [2.05, 4.69) is 10.2 Å². The van der Waals surface area contributed by atoms with Gasteiger partial charge in [-0.3, -0.25) is 0 Å². The van der Waals surface area contributed by atoms with Gasteiger partial charge in [-0.15, -0.1) is 0 Å². The molecule has 0 saturated heterocycles. The van der Waals surface area contributed by atoms with Crippen LogP contribution in [0.3, 0.4) is 0 Å². The SMILES string of the molecule is O=C(O)c1ccc(N=Nc2ccc3c(-c4c(O)ccc5ccccc45)c(O)ccc3c2)cc1. The van der Waals surface area contributed by atoms with Crippen LogP contribution in [0, 0.1) is 0 Å². The molecule has 3 N–H and O–H groups in total. The molecular formula is C27H18N2O4. The van der Waals surface area contributed by atoms with Crippen molar-refractivity contribution in [1.29, 1.82) is 0 Å². The van der Waals surface area contributed by atoms with Crippen LogP contribution in [0.25, 0.3) is 32.7 Å². The molecule has 0 radical (unpaired) electrons. The minimum atomic E-state index is -0.996. The third-order valence-electron chi connectivity index (χ3n) is 5.53. The Morgan fingerprint density at radius 2 is 1.18 bits per heavy atom. The molecule has 0 aliphatic rings. The summed E-state index contributed by atoms with van der Waals surface area (Å²) in [6.45, 7) is 0. The number of carboxylic acids is 1. The number of fused-ring (bicyclic) bond motifs is 2. The Morgan fingerprint density at radius 3 is 1.88 bits per heavy atom. The maximum atomic E-state index is 11.0. The van der Waals surface area contributed by atoms with Gasteiger partial charge in [0.1, 0.15) is 11.5 Å². The number of rotatable bonds is 4. The van der Waals surface area contributed by atoms with Crippen molar-refractivity contribution in [2.24, 2.45) is 10.2 Å². The molecule has 0 spiro atoms. The highest BCUT2D eigenvalue weighted by Gasteiger charge is 2.16. The lowest BCUT2D eigenvalue weighted by molar-refractivity contribution is 0.0697. The predicted octanol–water partition coefficient (Wildman–Crippen LogP) is 7.18. The highest BCUT2D eigenvalue weighted by atomic mass is 16.4. The highest BCUT2D eigenvalue weighted by molar-refractivity contribution is 6.09. The predicted molar refractivity (Wildman–Crippen MR) is 128 cm³/mol. The molecule has 0 aromatic heterocycles. The summed E-state index contributed by atoms with van der Waals surface area (Å²) in [6, 6.07) is 26.2. The van der Waals surface area contributed by atoms with Crippen molar-refractivity contribution < 1.29 is 20.1 Å². The summed E-state index contributed by atoms with van der Waals surface area (Å²) in [6.07, 6.45) is 0. The lowest BCUT2D eigenvalue weighted by Crippen LogP contribution is -1.93. The lowest BCUT2D eigenvalue weighted by atomic mass is 9.92. The van der Waals surface area contributed by atoms with Gasteiger partial charge < -0.3 is 15.3 Å². The molecule has 6 nitrogen and oxygen atoms in total. The molecule has 0 aliphatic carbocycles. The molecule has 160 valence electrons. The van der Waals surface area contributed by atoms with Gasteiger partial charge in [0.05, 0.1) is 16.9 Å². The first-order chi connectivity index (χ1) is 16.0. The quantitative estimate of drug-likeness (QED) is 0.261. The molecule has 0 amide bonds. The average Bonchev–Trinajstić information content (AvgIpc) is 2.83. The van der Waals surface area contributed by atoms with Crippen molar-refractivity contribution in [3.8, 4) is 22.6 Å². The van der Waals surface area contributed by atoms with Crippen molar-refractivity contribution in [1.82, 2.24) is 0 Å². The number of aromatic carboxylic acids is 1. The number of carboxylic acid groups (broad SMARTS) is 1. The number of hydrogen-bond acceptors (Lipinski definition) is 5. The Balaban J connectivity index is 1.59. The maximum absolute atomic E-state index is 11.0. The van der Waals surface area contributed by atoms with E-state index in [-0.39, 0.29) is 17.1 Å². The minimum absolute atomic E-state index is 0.0713. The number of phenols is 2. The molecule has 6 heteroatoms. The summed E-state index contributed by atoms with van der Waals surface area (Å²) in [7, 11) is 0. The molecule has 0 fully saturated rings. The van der Waals surface area contributed by atoms with Crippen LogP contribution in [0.2, 0.25) is 0 Å². The first kappa shape index (κ1) is 20.2.